The van der Waals surface area contributed by atoms with E-state index in [0.717, 1.165) is 6.07 Å². The molecule has 24 heavy (non-hydrogen) atoms. The normalized spacial score (nSPS) is 27.2. The first-order valence-electron chi connectivity index (χ1n) is 7.32. The largest absolute Gasteiger partial charge is 0.462 e. The molecule has 0 spiro atoms. The number of aliphatic hydroxyl groups is 2. The monoisotopic (exact) mass is 343 g/mol. The lowest BCUT2D eigenvalue weighted by atomic mass is 9.97. The highest BCUT2D eigenvalue weighted by Gasteiger charge is 2.45. The quantitative estimate of drug-likeness (QED) is 0.474. The van der Waals surface area contributed by atoms with Crippen LogP contribution in [0, 0.1) is 5.41 Å². The third-order valence-corrected chi connectivity index (χ3v) is 3.57. The van der Waals surface area contributed by atoms with Gasteiger partial charge >= 0.3 is 11.7 Å². The predicted octanol–water partition coefficient (Wildman–Crippen LogP) is -1.67. The molecule has 4 atom stereocenters. The summed E-state index contributed by atoms with van der Waals surface area (Å²) in [6, 6.07) is 0.955. The van der Waals surface area contributed by atoms with Gasteiger partial charge in [-0.25, -0.2) is 9.36 Å². The highest BCUT2D eigenvalue weighted by molar-refractivity contribution is 5.75. The van der Waals surface area contributed by atoms with Crippen molar-refractivity contribution in [3.63, 3.8) is 0 Å². The van der Waals surface area contributed by atoms with Gasteiger partial charge in [-0.2, -0.15) is 0 Å². The van der Waals surface area contributed by atoms with Gasteiger partial charge in [0.15, 0.2) is 6.23 Å². The standard InChI is InChI=1S/C14H21N3O7/c1-14(2,3)12(21)23-5-6-9(19)10(20)11(24-6)17-8(18)4-7(15)16-13(17)22/h4,6,9-11,19-20H,5,15H2,1-3H3,(H,16,22)/t6-,9-,10-,11-/m1/s1. The number of aromatic amines is 1. The maximum Gasteiger partial charge on any atom is 0.332 e. The van der Waals surface area contributed by atoms with Crippen molar-refractivity contribution in [2.75, 3.05) is 12.3 Å². The second-order valence-electron chi connectivity index (χ2n) is 6.63. The smallest absolute Gasteiger partial charge is 0.332 e. The number of ether oxygens (including phenoxy) is 2. The Labute approximate surface area is 136 Å². The second kappa shape index (κ2) is 6.38. The molecule has 0 bridgehead atoms. The van der Waals surface area contributed by atoms with Gasteiger partial charge in [-0.05, 0) is 20.8 Å². The predicted molar refractivity (Wildman–Crippen MR) is 82.1 cm³/mol. The van der Waals surface area contributed by atoms with E-state index in [4.69, 9.17) is 15.2 Å². The minimum Gasteiger partial charge on any atom is -0.462 e. The van der Waals surface area contributed by atoms with E-state index in [1.165, 1.54) is 0 Å². The van der Waals surface area contributed by atoms with Crippen molar-refractivity contribution < 1.29 is 24.5 Å². The van der Waals surface area contributed by atoms with Crippen LogP contribution in [-0.4, -0.2) is 50.7 Å². The van der Waals surface area contributed by atoms with Crippen molar-refractivity contribution in [2.24, 2.45) is 5.41 Å². The van der Waals surface area contributed by atoms with E-state index in [2.05, 4.69) is 4.98 Å². The van der Waals surface area contributed by atoms with Gasteiger partial charge in [0.1, 0.15) is 30.7 Å². The van der Waals surface area contributed by atoms with Crippen LogP contribution >= 0.6 is 0 Å². The lowest BCUT2D eigenvalue weighted by Crippen LogP contribution is -2.42. The number of H-pyrrole nitrogens is 1. The fourth-order valence-electron chi connectivity index (χ4n) is 2.22. The van der Waals surface area contributed by atoms with Crippen LogP contribution in [-0.2, 0) is 14.3 Å². The van der Waals surface area contributed by atoms with Crippen LogP contribution in [0.4, 0.5) is 5.82 Å². The van der Waals surface area contributed by atoms with Crippen LogP contribution < -0.4 is 17.0 Å². The van der Waals surface area contributed by atoms with Gasteiger partial charge in [0.05, 0.1) is 5.41 Å². The molecular weight excluding hydrogens is 322 g/mol. The van der Waals surface area contributed by atoms with Crippen molar-refractivity contribution >= 4 is 11.8 Å². The van der Waals surface area contributed by atoms with Gasteiger partial charge in [-0.1, -0.05) is 0 Å². The zero-order valence-electron chi connectivity index (χ0n) is 13.6. The molecule has 1 aliphatic heterocycles. The van der Waals surface area contributed by atoms with E-state index in [9.17, 15) is 24.6 Å². The van der Waals surface area contributed by atoms with Crippen molar-refractivity contribution in [3.8, 4) is 0 Å². The lowest BCUT2D eigenvalue weighted by molar-refractivity contribution is -0.159. The number of nitrogens with one attached hydrogen (secondary N) is 1. The first-order chi connectivity index (χ1) is 11.0. The third-order valence-electron chi connectivity index (χ3n) is 3.57. The van der Waals surface area contributed by atoms with Gasteiger partial charge in [-0.15, -0.1) is 0 Å². The summed E-state index contributed by atoms with van der Waals surface area (Å²) < 4.78 is 11.0. The van der Waals surface area contributed by atoms with E-state index in [1.807, 2.05) is 0 Å². The highest BCUT2D eigenvalue weighted by atomic mass is 16.6. The molecule has 0 saturated carbocycles. The molecule has 10 nitrogen and oxygen atoms in total. The number of hydrogen-bond acceptors (Lipinski definition) is 8. The van der Waals surface area contributed by atoms with Gasteiger partial charge in [0.2, 0.25) is 0 Å². The van der Waals surface area contributed by atoms with Crippen molar-refractivity contribution in [1.29, 1.82) is 0 Å². The summed E-state index contributed by atoms with van der Waals surface area (Å²) in [6.07, 6.45) is -5.49. The summed E-state index contributed by atoms with van der Waals surface area (Å²) >= 11 is 0. The number of carbonyl (C=O) groups is 1. The third kappa shape index (κ3) is 3.50. The number of carbonyl (C=O) groups excluding carboxylic acids is 1. The SMILES string of the molecule is CC(C)(C)C(=O)OC[C@H]1O[C@@H](n2c(=O)cc(N)[nH]c2=O)[C@H](O)[C@@H]1O. The van der Waals surface area contributed by atoms with Gasteiger partial charge < -0.3 is 25.4 Å². The van der Waals surface area contributed by atoms with Crippen molar-refractivity contribution in [3.05, 3.63) is 26.9 Å². The van der Waals surface area contributed by atoms with Gasteiger partial charge in [0, 0.05) is 6.07 Å². The molecule has 1 fully saturated rings. The summed E-state index contributed by atoms with van der Waals surface area (Å²) in [7, 11) is 0. The summed E-state index contributed by atoms with van der Waals surface area (Å²) in [4.78, 5) is 37.7. The Morgan fingerprint density at radius 1 is 1.38 bits per heavy atom. The summed E-state index contributed by atoms with van der Waals surface area (Å²) in [5, 5.41) is 20.1. The van der Waals surface area contributed by atoms with Crippen LogP contribution in [0.15, 0.2) is 15.7 Å². The Hall–Kier alpha value is -2.17. The van der Waals surface area contributed by atoms with Gasteiger partial charge in [-0.3, -0.25) is 14.6 Å². The maximum atomic E-state index is 11.9. The molecule has 10 heteroatoms. The van der Waals surface area contributed by atoms with Crippen LogP contribution in [0.25, 0.3) is 0 Å². The summed E-state index contributed by atoms with van der Waals surface area (Å²) in [5.74, 6) is -0.649. The number of nitrogen functional groups attached to an aromatic ring is 1. The van der Waals surface area contributed by atoms with Gasteiger partial charge in [0.25, 0.3) is 5.56 Å². The highest BCUT2D eigenvalue weighted by Crippen LogP contribution is 2.28. The fraction of sp³-hybridized carbons (Fsp3) is 0.643. The Kier molecular flexibility index (Phi) is 4.83. The molecule has 1 saturated heterocycles. The number of anilines is 1. The van der Waals surface area contributed by atoms with Crippen LogP contribution in [0.3, 0.4) is 0 Å². The topological polar surface area (TPSA) is 157 Å². The van der Waals surface area contributed by atoms with E-state index in [-0.39, 0.29) is 12.4 Å². The Morgan fingerprint density at radius 2 is 2.00 bits per heavy atom. The summed E-state index contributed by atoms with van der Waals surface area (Å²) in [6.45, 7) is 4.65. The number of rotatable bonds is 3. The number of nitrogens with two attached hydrogens (primary N) is 1. The lowest BCUT2D eigenvalue weighted by Gasteiger charge is -2.20. The average molecular weight is 343 g/mol. The molecule has 0 amide bonds. The van der Waals surface area contributed by atoms with E-state index in [1.54, 1.807) is 20.8 Å². The fourth-order valence-corrected chi connectivity index (χ4v) is 2.22. The first kappa shape index (κ1) is 18.2. The van der Waals surface area contributed by atoms with E-state index < -0.39 is 47.2 Å². The Balaban J connectivity index is 2.18. The first-order valence-corrected chi connectivity index (χ1v) is 7.32. The zero-order valence-corrected chi connectivity index (χ0v) is 13.6. The number of aromatic nitrogens is 2. The number of aliphatic hydroxyl groups excluding tert-OH is 2. The Bertz CT molecular complexity index is 702. The second-order valence-corrected chi connectivity index (χ2v) is 6.63. The summed E-state index contributed by atoms with van der Waals surface area (Å²) in [5.41, 5.74) is 2.94. The van der Waals surface area contributed by atoms with Crippen molar-refractivity contribution in [1.82, 2.24) is 9.55 Å². The zero-order chi connectivity index (χ0) is 18.2. The maximum absolute atomic E-state index is 11.9. The molecule has 2 heterocycles. The molecule has 0 radical (unpaired) electrons. The molecule has 5 N–H and O–H groups in total. The number of nitrogens with zero attached hydrogens (tertiary/aromatic N) is 1. The number of hydrogen-bond donors (Lipinski definition) is 4. The van der Waals surface area contributed by atoms with Crippen LogP contribution in [0.1, 0.15) is 27.0 Å². The van der Waals surface area contributed by atoms with Crippen LogP contribution in [0.5, 0.6) is 0 Å². The Morgan fingerprint density at radius 3 is 2.54 bits per heavy atom. The molecule has 0 unspecified atom stereocenters. The molecule has 1 aliphatic rings. The molecule has 134 valence electrons. The van der Waals surface area contributed by atoms with Crippen LogP contribution in [0.2, 0.25) is 0 Å². The molecule has 0 aromatic carbocycles. The van der Waals surface area contributed by atoms with Crippen molar-refractivity contribution in [2.45, 2.75) is 45.3 Å². The molecule has 1 aromatic heterocycles. The minimum absolute atomic E-state index is 0.134. The number of esters is 1. The molecular formula is C14H21N3O7. The molecule has 1 aromatic rings. The average Bonchev–Trinajstić information content (AvgIpc) is 2.71. The molecule has 0 aliphatic carbocycles. The minimum atomic E-state index is -1.55. The van der Waals surface area contributed by atoms with E-state index >= 15 is 0 Å². The van der Waals surface area contributed by atoms with E-state index in [0.29, 0.717) is 4.57 Å². The molecule has 2 rings (SSSR count).